The average molecular weight is 503 g/mol. The van der Waals surface area contributed by atoms with E-state index in [1.807, 2.05) is 52.2 Å². The largest absolute Gasteiger partial charge is 0.361 e. The first kappa shape index (κ1) is 23.6. The Bertz CT molecular complexity index is 1390. The van der Waals surface area contributed by atoms with E-state index < -0.39 is 6.04 Å². The number of H-pyrrole nitrogens is 1. The van der Waals surface area contributed by atoms with Crippen LogP contribution in [0.15, 0.2) is 76.8 Å². The van der Waals surface area contributed by atoms with Crippen molar-refractivity contribution >= 4 is 40.7 Å². The van der Waals surface area contributed by atoms with Crippen LogP contribution < -0.4 is 9.86 Å². The van der Waals surface area contributed by atoms with Gasteiger partial charge in [-0.25, -0.2) is 4.72 Å². The van der Waals surface area contributed by atoms with Crippen molar-refractivity contribution in [2.24, 2.45) is 5.14 Å². The lowest BCUT2D eigenvalue weighted by Gasteiger charge is -2.32. The second-order valence-electron chi connectivity index (χ2n) is 8.51. The molecule has 1 aliphatic heterocycles. The van der Waals surface area contributed by atoms with Crippen LogP contribution in [0.25, 0.3) is 10.9 Å². The molecule has 4 N–H and O–H groups in total. The van der Waals surface area contributed by atoms with E-state index in [-0.39, 0.29) is 5.91 Å². The molecule has 2 aromatic carbocycles. The number of nitrogens with zero attached hydrogens (tertiary/aromatic N) is 3. The van der Waals surface area contributed by atoms with Crippen LogP contribution in [-0.2, 0) is 24.3 Å². The first-order valence-electron chi connectivity index (χ1n) is 11.5. The minimum Gasteiger partial charge on any atom is -0.361 e. The quantitative estimate of drug-likeness (QED) is 0.308. The number of aryl methyl sites for hydroxylation is 1. The highest BCUT2D eigenvalue weighted by Gasteiger charge is 2.28. The number of aromatic nitrogens is 2. The predicted molar refractivity (Wildman–Crippen MR) is 140 cm³/mol. The molecule has 1 aliphatic rings. The number of carbonyl (C=O) groups is 1. The fraction of sp³-hybridized carbons (Fsp3) is 0.231. The van der Waals surface area contributed by atoms with Crippen LogP contribution >= 0.6 is 23.9 Å². The maximum absolute atomic E-state index is 13.8. The van der Waals surface area contributed by atoms with Gasteiger partial charge >= 0.3 is 0 Å². The minimum atomic E-state index is -0.406. The molecule has 0 bridgehead atoms. The molecule has 7 nitrogen and oxygen atoms in total. The van der Waals surface area contributed by atoms with Crippen LogP contribution in [0, 0.1) is 11.3 Å². The molecule has 1 atom stereocenters. The van der Waals surface area contributed by atoms with Crippen molar-refractivity contribution in [3.8, 4) is 6.07 Å². The highest BCUT2D eigenvalue weighted by atomic mass is 32.2. The highest BCUT2D eigenvalue weighted by molar-refractivity contribution is 7.97. The lowest BCUT2D eigenvalue weighted by Crippen LogP contribution is -2.46. The van der Waals surface area contributed by atoms with Gasteiger partial charge in [0.1, 0.15) is 11.8 Å². The first-order valence-corrected chi connectivity index (χ1v) is 13.2. The maximum Gasteiger partial charge on any atom is 0.240 e. The molecule has 3 heterocycles. The smallest absolute Gasteiger partial charge is 0.240 e. The van der Waals surface area contributed by atoms with E-state index in [1.165, 1.54) is 29.5 Å². The number of fused-ring (bicyclic) bond motifs is 2. The van der Waals surface area contributed by atoms with Gasteiger partial charge in [0.15, 0.2) is 0 Å². The standard InChI is InChI=1S/C26H26N6OS2/c27-16-20-3-2-12-31(20)14-10-24(30-35-25-5-1-4-23-22(25)8-11-29-23)26(33)32-13-9-18-6-7-21(34-28)15-19(18)17-32/h1-8,11-12,15,24,29-30H,9-10,13-14,17,28H2. The number of nitrogens with two attached hydrogens (primary N) is 1. The molecule has 1 unspecified atom stereocenters. The van der Waals surface area contributed by atoms with Gasteiger partial charge in [0.2, 0.25) is 5.91 Å². The summed E-state index contributed by atoms with van der Waals surface area (Å²) in [7, 11) is 0. The first-order chi connectivity index (χ1) is 17.2. The fourth-order valence-corrected chi connectivity index (χ4v) is 5.79. The van der Waals surface area contributed by atoms with Crippen LogP contribution in [0.2, 0.25) is 0 Å². The third kappa shape index (κ3) is 5.11. The Hall–Kier alpha value is -3.16. The number of carbonyl (C=O) groups excluding carboxylic acids is 1. The Morgan fingerprint density at radius 1 is 1.20 bits per heavy atom. The van der Waals surface area contributed by atoms with Gasteiger partial charge in [-0.3, -0.25) is 9.93 Å². The number of aromatic amines is 1. The van der Waals surface area contributed by atoms with Gasteiger partial charge in [0.25, 0.3) is 0 Å². The van der Waals surface area contributed by atoms with Gasteiger partial charge in [0, 0.05) is 52.7 Å². The second kappa shape index (κ2) is 10.6. The summed E-state index contributed by atoms with van der Waals surface area (Å²) in [4.78, 5) is 21.0. The highest BCUT2D eigenvalue weighted by Crippen LogP contribution is 2.28. The lowest BCUT2D eigenvalue weighted by atomic mass is 9.99. The summed E-state index contributed by atoms with van der Waals surface area (Å²) in [6, 6.07) is 19.8. The summed E-state index contributed by atoms with van der Waals surface area (Å²) < 4.78 is 5.35. The molecule has 5 rings (SSSR count). The van der Waals surface area contributed by atoms with E-state index in [0.717, 1.165) is 32.7 Å². The Labute approximate surface area is 212 Å². The Morgan fingerprint density at radius 2 is 2.11 bits per heavy atom. The van der Waals surface area contributed by atoms with E-state index >= 15 is 0 Å². The minimum absolute atomic E-state index is 0.0702. The zero-order valence-corrected chi connectivity index (χ0v) is 20.7. The van der Waals surface area contributed by atoms with Crippen molar-refractivity contribution in [3.05, 3.63) is 83.8 Å². The van der Waals surface area contributed by atoms with Crippen molar-refractivity contribution in [2.75, 3.05) is 6.54 Å². The SMILES string of the molecule is N#Cc1cccn1CCC(NSc1cccc2[nH]ccc12)C(=O)N1CCc2ccc(SN)cc2C1. The van der Waals surface area contributed by atoms with E-state index in [1.54, 1.807) is 6.07 Å². The summed E-state index contributed by atoms with van der Waals surface area (Å²) in [5.74, 6) is 0.0702. The van der Waals surface area contributed by atoms with Gasteiger partial charge in [-0.05, 0) is 90.3 Å². The van der Waals surface area contributed by atoms with Gasteiger partial charge < -0.3 is 14.5 Å². The number of amides is 1. The van der Waals surface area contributed by atoms with E-state index in [9.17, 15) is 10.1 Å². The van der Waals surface area contributed by atoms with Crippen LogP contribution in [0.1, 0.15) is 23.2 Å². The molecule has 0 fully saturated rings. The van der Waals surface area contributed by atoms with Crippen LogP contribution in [-0.4, -0.2) is 32.9 Å². The molecule has 0 saturated heterocycles. The maximum atomic E-state index is 13.8. The van der Waals surface area contributed by atoms with Crippen molar-refractivity contribution in [1.29, 1.82) is 5.26 Å². The zero-order chi connectivity index (χ0) is 24.2. The molecular formula is C26H26N6OS2. The number of rotatable bonds is 8. The molecular weight excluding hydrogens is 476 g/mol. The molecule has 178 valence electrons. The normalized spacial score (nSPS) is 14.0. The molecule has 0 radical (unpaired) electrons. The van der Waals surface area contributed by atoms with Crippen molar-refractivity contribution in [3.63, 3.8) is 0 Å². The summed E-state index contributed by atoms with van der Waals surface area (Å²) in [5.41, 5.74) is 4.09. The van der Waals surface area contributed by atoms with Gasteiger partial charge in [-0.1, -0.05) is 12.1 Å². The topological polar surface area (TPSA) is 103 Å². The van der Waals surface area contributed by atoms with Crippen LogP contribution in [0.4, 0.5) is 0 Å². The molecule has 0 aliphatic carbocycles. The summed E-state index contributed by atoms with van der Waals surface area (Å²) in [6.45, 7) is 1.84. The number of hydrogen-bond acceptors (Lipinski definition) is 6. The van der Waals surface area contributed by atoms with Crippen molar-refractivity contribution in [2.45, 2.75) is 41.8 Å². The number of hydrogen-bond donors (Lipinski definition) is 3. The summed E-state index contributed by atoms with van der Waals surface area (Å²) in [6.07, 6.45) is 5.21. The predicted octanol–water partition coefficient (Wildman–Crippen LogP) is 4.45. The molecule has 0 spiro atoms. The zero-order valence-electron chi connectivity index (χ0n) is 19.1. The lowest BCUT2D eigenvalue weighted by molar-refractivity contribution is -0.134. The summed E-state index contributed by atoms with van der Waals surface area (Å²) >= 11 is 2.71. The van der Waals surface area contributed by atoms with Crippen molar-refractivity contribution in [1.82, 2.24) is 19.2 Å². The molecule has 35 heavy (non-hydrogen) atoms. The van der Waals surface area contributed by atoms with Gasteiger partial charge in [-0.2, -0.15) is 5.26 Å². The fourth-order valence-electron chi connectivity index (χ4n) is 4.51. The third-order valence-corrected chi connectivity index (χ3v) is 7.91. The Balaban J connectivity index is 1.35. The molecule has 9 heteroatoms. The third-order valence-electron chi connectivity index (χ3n) is 6.40. The molecule has 2 aromatic heterocycles. The Morgan fingerprint density at radius 3 is 2.97 bits per heavy atom. The van der Waals surface area contributed by atoms with E-state index in [2.05, 4.69) is 34.0 Å². The number of nitrogens with one attached hydrogen (secondary N) is 2. The second-order valence-corrected chi connectivity index (χ2v) is 10.1. The van der Waals surface area contributed by atoms with Gasteiger partial charge in [-0.15, -0.1) is 0 Å². The summed E-state index contributed by atoms with van der Waals surface area (Å²) in [5, 5.41) is 16.2. The monoisotopic (exact) mass is 502 g/mol. The van der Waals surface area contributed by atoms with Crippen LogP contribution in [0.5, 0.6) is 0 Å². The van der Waals surface area contributed by atoms with E-state index in [0.29, 0.717) is 31.7 Å². The Kier molecular flexibility index (Phi) is 7.16. The number of benzene rings is 2. The molecule has 4 aromatic rings. The number of nitriles is 1. The average Bonchev–Trinajstić information content (AvgIpc) is 3.57. The van der Waals surface area contributed by atoms with Crippen molar-refractivity contribution < 1.29 is 4.79 Å². The molecule has 1 amide bonds. The molecule has 0 saturated carbocycles. The van der Waals surface area contributed by atoms with Gasteiger partial charge in [0.05, 0.1) is 6.04 Å². The van der Waals surface area contributed by atoms with E-state index in [4.69, 9.17) is 5.14 Å². The van der Waals surface area contributed by atoms with Crippen LogP contribution in [0.3, 0.4) is 0 Å².